The van der Waals surface area contributed by atoms with Crippen molar-refractivity contribution in [2.45, 2.75) is 0 Å². The van der Waals surface area contributed by atoms with E-state index in [4.69, 9.17) is 4.74 Å². The SMILES string of the molecule is O=CNc1ccc(NC(=O)CN2CCOCC2)cc1. The van der Waals surface area contributed by atoms with Gasteiger partial charge in [-0.3, -0.25) is 14.5 Å². The molecule has 1 aliphatic heterocycles. The highest BCUT2D eigenvalue weighted by atomic mass is 16.5. The summed E-state index contributed by atoms with van der Waals surface area (Å²) in [5, 5.41) is 5.36. The molecule has 0 unspecified atom stereocenters. The van der Waals surface area contributed by atoms with Gasteiger partial charge in [0.1, 0.15) is 0 Å². The molecule has 0 saturated carbocycles. The fraction of sp³-hybridized carbons (Fsp3) is 0.385. The van der Waals surface area contributed by atoms with Crippen molar-refractivity contribution < 1.29 is 14.3 Å². The molecule has 102 valence electrons. The molecule has 0 bridgehead atoms. The van der Waals surface area contributed by atoms with Crippen molar-refractivity contribution in [1.82, 2.24) is 4.90 Å². The summed E-state index contributed by atoms with van der Waals surface area (Å²) >= 11 is 0. The molecule has 1 saturated heterocycles. The topological polar surface area (TPSA) is 70.7 Å². The Morgan fingerprint density at radius 3 is 2.47 bits per heavy atom. The van der Waals surface area contributed by atoms with Crippen molar-refractivity contribution in [2.75, 3.05) is 43.5 Å². The number of nitrogens with one attached hydrogen (secondary N) is 2. The summed E-state index contributed by atoms with van der Waals surface area (Å²) < 4.78 is 5.23. The number of ether oxygens (including phenoxy) is 1. The van der Waals surface area contributed by atoms with E-state index in [-0.39, 0.29) is 5.91 Å². The Bertz CT molecular complexity index is 427. The van der Waals surface area contributed by atoms with Gasteiger partial charge in [-0.1, -0.05) is 0 Å². The number of amides is 2. The van der Waals surface area contributed by atoms with E-state index in [1.54, 1.807) is 24.3 Å². The van der Waals surface area contributed by atoms with E-state index in [1.807, 2.05) is 0 Å². The van der Waals surface area contributed by atoms with Gasteiger partial charge in [0.25, 0.3) is 0 Å². The first-order valence-corrected chi connectivity index (χ1v) is 6.18. The summed E-state index contributed by atoms with van der Waals surface area (Å²) in [6, 6.07) is 6.98. The van der Waals surface area contributed by atoms with Gasteiger partial charge in [-0.25, -0.2) is 0 Å². The minimum atomic E-state index is -0.0435. The van der Waals surface area contributed by atoms with E-state index >= 15 is 0 Å². The molecule has 0 radical (unpaired) electrons. The van der Waals surface area contributed by atoms with Crippen molar-refractivity contribution in [2.24, 2.45) is 0 Å². The quantitative estimate of drug-likeness (QED) is 0.760. The molecule has 1 aromatic carbocycles. The molecule has 6 heteroatoms. The lowest BCUT2D eigenvalue weighted by Gasteiger charge is -2.25. The van der Waals surface area contributed by atoms with E-state index in [0.29, 0.717) is 31.9 Å². The van der Waals surface area contributed by atoms with Crippen LogP contribution in [-0.4, -0.2) is 50.1 Å². The Morgan fingerprint density at radius 2 is 1.84 bits per heavy atom. The number of morpholine rings is 1. The third-order valence-corrected chi connectivity index (χ3v) is 2.87. The Balaban J connectivity index is 1.82. The predicted molar refractivity (Wildman–Crippen MR) is 72.0 cm³/mol. The molecule has 1 aliphatic rings. The Morgan fingerprint density at radius 1 is 1.21 bits per heavy atom. The van der Waals surface area contributed by atoms with Crippen LogP contribution in [0.15, 0.2) is 24.3 Å². The van der Waals surface area contributed by atoms with E-state index < -0.39 is 0 Å². The first-order valence-electron chi connectivity index (χ1n) is 6.18. The first-order chi connectivity index (χ1) is 9.28. The number of carbonyl (C=O) groups is 2. The van der Waals surface area contributed by atoms with Gasteiger partial charge in [-0.05, 0) is 24.3 Å². The van der Waals surface area contributed by atoms with Gasteiger partial charge in [0.2, 0.25) is 12.3 Å². The Labute approximate surface area is 111 Å². The zero-order chi connectivity index (χ0) is 13.5. The van der Waals surface area contributed by atoms with Gasteiger partial charge in [0.15, 0.2) is 0 Å². The molecule has 2 amide bonds. The standard InChI is InChI=1S/C13H17N3O3/c17-10-14-11-1-3-12(4-2-11)15-13(18)9-16-5-7-19-8-6-16/h1-4,10H,5-9H2,(H,14,17)(H,15,18). The minimum absolute atomic E-state index is 0.0435. The first kappa shape index (κ1) is 13.5. The maximum atomic E-state index is 11.8. The van der Waals surface area contributed by atoms with Crippen molar-refractivity contribution in [3.63, 3.8) is 0 Å². The van der Waals surface area contributed by atoms with Gasteiger partial charge >= 0.3 is 0 Å². The zero-order valence-electron chi connectivity index (χ0n) is 10.6. The van der Waals surface area contributed by atoms with Crippen LogP contribution in [0.4, 0.5) is 11.4 Å². The largest absolute Gasteiger partial charge is 0.379 e. The molecule has 2 rings (SSSR count). The highest BCUT2D eigenvalue weighted by Gasteiger charge is 2.13. The number of nitrogens with zero attached hydrogens (tertiary/aromatic N) is 1. The van der Waals surface area contributed by atoms with Gasteiger partial charge in [0, 0.05) is 24.5 Å². The molecule has 6 nitrogen and oxygen atoms in total. The fourth-order valence-corrected chi connectivity index (χ4v) is 1.88. The van der Waals surface area contributed by atoms with Gasteiger partial charge in [-0.2, -0.15) is 0 Å². The second-order valence-electron chi connectivity index (χ2n) is 4.28. The van der Waals surface area contributed by atoms with E-state index in [1.165, 1.54) is 0 Å². The number of benzene rings is 1. The molecule has 19 heavy (non-hydrogen) atoms. The molecule has 0 atom stereocenters. The summed E-state index contributed by atoms with van der Waals surface area (Å²) in [6.07, 6.45) is 0.617. The third-order valence-electron chi connectivity index (χ3n) is 2.87. The summed E-state index contributed by atoms with van der Waals surface area (Å²) in [6.45, 7) is 3.31. The summed E-state index contributed by atoms with van der Waals surface area (Å²) in [5.41, 5.74) is 1.41. The smallest absolute Gasteiger partial charge is 0.238 e. The predicted octanol–water partition coefficient (Wildman–Crippen LogP) is 0.526. The zero-order valence-corrected chi connectivity index (χ0v) is 10.6. The normalized spacial score (nSPS) is 15.8. The second kappa shape index (κ2) is 6.86. The van der Waals surface area contributed by atoms with Crippen LogP contribution in [0.1, 0.15) is 0 Å². The van der Waals surface area contributed by atoms with Crippen LogP contribution in [0.5, 0.6) is 0 Å². The Hall–Kier alpha value is -1.92. The highest BCUT2D eigenvalue weighted by molar-refractivity contribution is 5.92. The number of carbonyl (C=O) groups excluding carboxylic acids is 2. The van der Waals surface area contributed by atoms with E-state index in [9.17, 15) is 9.59 Å². The maximum Gasteiger partial charge on any atom is 0.238 e. The molecule has 1 fully saturated rings. The van der Waals surface area contributed by atoms with Crippen molar-refractivity contribution in [3.05, 3.63) is 24.3 Å². The average molecular weight is 263 g/mol. The summed E-state index contributed by atoms with van der Waals surface area (Å²) in [5.74, 6) is -0.0435. The molecule has 0 aromatic heterocycles. The molecule has 1 heterocycles. The monoisotopic (exact) mass is 263 g/mol. The van der Waals surface area contributed by atoms with Crippen LogP contribution in [0.2, 0.25) is 0 Å². The second-order valence-corrected chi connectivity index (χ2v) is 4.28. The van der Waals surface area contributed by atoms with Gasteiger partial charge < -0.3 is 15.4 Å². The number of anilines is 2. The molecule has 2 N–H and O–H groups in total. The third kappa shape index (κ3) is 4.35. The van der Waals surface area contributed by atoms with Crippen LogP contribution in [0, 0.1) is 0 Å². The molecular weight excluding hydrogens is 246 g/mol. The molecule has 0 spiro atoms. The summed E-state index contributed by atoms with van der Waals surface area (Å²) in [7, 11) is 0. The van der Waals surface area contributed by atoms with Crippen LogP contribution < -0.4 is 10.6 Å². The van der Waals surface area contributed by atoms with E-state index in [2.05, 4.69) is 15.5 Å². The number of rotatable bonds is 5. The van der Waals surface area contributed by atoms with Crippen molar-refractivity contribution >= 4 is 23.7 Å². The minimum Gasteiger partial charge on any atom is -0.379 e. The lowest BCUT2D eigenvalue weighted by molar-refractivity contribution is -0.118. The summed E-state index contributed by atoms with van der Waals surface area (Å²) in [4.78, 5) is 24.1. The van der Waals surface area contributed by atoms with Crippen LogP contribution in [0.3, 0.4) is 0 Å². The maximum absolute atomic E-state index is 11.8. The van der Waals surface area contributed by atoms with Crippen molar-refractivity contribution in [1.29, 1.82) is 0 Å². The lowest BCUT2D eigenvalue weighted by Crippen LogP contribution is -2.41. The average Bonchev–Trinajstić information content (AvgIpc) is 2.42. The molecule has 0 aliphatic carbocycles. The number of hydrogen-bond acceptors (Lipinski definition) is 4. The van der Waals surface area contributed by atoms with Crippen LogP contribution in [-0.2, 0) is 14.3 Å². The number of hydrogen-bond donors (Lipinski definition) is 2. The van der Waals surface area contributed by atoms with Crippen LogP contribution >= 0.6 is 0 Å². The molecule has 1 aromatic rings. The molecular formula is C13H17N3O3. The fourth-order valence-electron chi connectivity index (χ4n) is 1.88. The van der Waals surface area contributed by atoms with E-state index in [0.717, 1.165) is 18.8 Å². The lowest BCUT2D eigenvalue weighted by atomic mass is 10.3. The van der Waals surface area contributed by atoms with Crippen LogP contribution in [0.25, 0.3) is 0 Å². The van der Waals surface area contributed by atoms with Crippen molar-refractivity contribution in [3.8, 4) is 0 Å². The highest BCUT2D eigenvalue weighted by Crippen LogP contribution is 2.12. The van der Waals surface area contributed by atoms with Gasteiger partial charge in [0.05, 0.1) is 19.8 Å². The Kier molecular flexibility index (Phi) is 4.88. The van der Waals surface area contributed by atoms with Gasteiger partial charge in [-0.15, -0.1) is 0 Å².